The van der Waals surface area contributed by atoms with Crippen LogP contribution >= 0.6 is 11.8 Å². The van der Waals surface area contributed by atoms with Crippen molar-refractivity contribution in [3.05, 3.63) is 73.9 Å². The summed E-state index contributed by atoms with van der Waals surface area (Å²) in [5.41, 5.74) is 2.49. The van der Waals surface area contributed by atoms with Gasteiger partial charge in [-0.3, -0.25) is 24.6 Å². The Morgan fingerprint density at radius 2 is 1.84 bits per heavy atom. The molecule has 2 heterocycles. The molecular weight excluding hydrogens is 421 g/mol. The predicted octanol–water partition coefficient (Wildman–Crippen LogP) is 4.88. The van der Waals surface area contributed by atoms with Crippen LogP contribution in [0.15, 0.2) is 41.3 Å². The maximum atomic E-state index is 14.7. The molecule has 0 atom stereocenters. The van der Waals surface area contributed by atoms with E-state index in [1.807, 2.05) is 11.8 Å². The van der Waals surface area contributed by atoms with E-state index in [9.17, 15) is 24.1 Å². The zero-order valence-corrected chi connectivity index (χ0v) is 17.7. The lowest BCUT2D eigenvalue weighted by Gasteiger charge is -2.19. The Morgan fingerprint density at radius 3 is 2.48 bits per heavy atom. The van der Waals surface area contributed by atoms with Crippen molar-refractivity contribution in [3.63, 3.8) is 0 Å². The summed E-state index contributed by atoms with van der Waals surface area (Å²) >= 11 is 0.805. The van der Waals surface area contributed by atoms with E-state index in [4.69, 9.17) is 0 Å². The number of hydrogen-bond acceptors (Lipinski definition) is 6. The van der Waals surface area contributed by atoms with E-state index in [0.717, 1.165) is 48.2 Å². The number of nitro groups is 1. The van der Waals surface area contributed by atoms with Crippen LogP contribution in [0.2, 0.25) is 0 Å². The van der Waals surface area contributed by atoms with Crippen molar-refractivity contribution in [2.75, 3.05) is 18.0 Å². The number of nitro benzene ring substituents is 1. The Bertz CT molecular complexity index is 1090. The molecule has 9 heteroatoms. The molecule has 7 nitrogen and oxygen atoms in total. The van der Waals surface area contributed by atoms with Crippen LogP contribution in [0.3, 0.4) is 0 Å². The number of hydrogen-bond donors (Lipinski definition) is 0. The Morgan fingerprint density at radius 1 is 1.16 bits per heavy atom. The third-order valence-corrected chi connectivity index (χ3v) is 6.34. The number of non-ortho nitro benzene ring substituents is 1. The number of nitrogens with zero attached hydrogens (tertiary/aromatic N) is 3. The third-order valence-electron chi connectivity index (χ3n) is 5.43. The van der Waals surface area contributed by atoms with Gasteiger partial charge in [-0.2, -0.15) is 0 Å². The van der Waals surface area contributed by atoms with Crippen LogP contribution in [-0.4, -0.2) is 34.1 Å². The number of halogens is 1. The van der Waals surface area contributed by atoms with E-state index in [1.54, 1.807) is 12.1 Å². The average Bonchev–Trinajstić information content (AvgIpc) is 3.35. The molecule has 0 bridgehead atoms. The molecule has 0 aliphatic carbocycles. The molecule has 0 aromatic heterocycles. The van der Waals surface area contributed by atoms with Gasteiger partial charge in [0.2, 0.25) is 0 Å². The van der Waals surface area contributed by atoms with Gasteiger partial charge >= 0.3 is 0 Å². The van der Waals surface area contributed by atoms with Crippen LogP contribution in [0.4, 0.5) is 20.6 Å². The highest BCUT2D eigenvalue weighted by Crippen LogP contribution is 2.35. The minimum absolute atomic E-state index is 0.0151. The largest absolute Gasteiger partial charge is 0.369 e. The highest BCUT2D eigenvalue weighted by Gasteiger charge is 2.35. The molecule has 2 saturated heterocycles. The van der Waals surface area contributed by atoms with Crippen molar-refractivity contribution in [2.45, 2.75) is 26.3 Å². The SMILES string of the molecule is Cc1cc(N2CCCC2)c(F)cc1/C=C1\SC(=O)N(Cc2ccc([N+](=O)[O-])cc2)C1=O. The topological polar surface area (TPSA) is 83.8 Å². The van der Waals surface area contributed by atoms with Gasteiger partial charge in [-0.1, -0.05) is 12.1 Å². The van der Waals surface area contributed by atoms with E-state index in [2.05, 4.69) is 0 Å². The van der Waals surface area contributed by atoms with Gasteiger partial charge in [0, 0.05) is 25.2 Å². The molecule has 0 radical (unpaired) electrons. The van der Waals surface area contributed by atoms with Gasteiger partial charge in [-0.05, 0) is 66.4 Å². The van der Waals surface area contributed by atoms with Crippen LogP contribution in [0.1, 0.15) is 29.5 Å². The summed E-state index contributed by atoms with van der Waals surface area (Å²) in [5.74, 6) is -0.805. The number of imide groups is 1. The number of thioether (sulfide) groups is 1. The van der Waals surface area contributed by atoms with Crippen molar-refractivity contribution in [2.24, 2.45) is 0 Å². The fourth-order valence-electron chi connectivity index (χ4n) is 3.72. The zero-order chi connectivity index (χ0) is 22.1. The summed E-state index contributed by atoms with van der Waals surface area (Å²) < 4.78 is 14.7. The van der Waals surface area contributed by atoms with Gasteiger partial charge in [-0.15, -0.1) is 0 Å². The van der Waals surface area contributed by atoms with Crippen molar-refractivity contribution in [1.29, 1.82) is 0 Å². The van der Waals surface area contributed by atoms with Gasteiger partial charge < -0.3 is 4.90 Å². The first-order chi connectivity index (χ1) is 14.8. The summed E-state index contributed by atoms with van der Waals surface area (Å²) in [7, 11) is 0. The predicted molar refractivity (Wildman–Crippen MR) is 117 cm³/mol. The van der Waals surface area contributed by atoms with E-state index in [0.29, 0.717) is 16.8 Å². The molecule has 2 amide bonds. The molecular formula is C22H20FN3O4S. The van der Waals surface area contributed by atoms with Crippen molar-refractivity contribution < 1.29 is 18.9 Å². The molecule has 2 aliphatic rings. The fraction of sp³-hybridized carbons (Fsp3) is 0.273. The number of rotatable bonds is 5. The Balaban J connectivity index is 1.54. The normalized spacial score (nSPS) is 17.8. The minimum atomic E-state index is -0.511. The average molecular weight is 441 g/mol. The number of amides is 2. The summed E-state index contributed by atoms with van der Waals surface area (Å²) in [6, 6.07) is 8.89. The lowest BCUT2D eigenvalue weighted by molar-refractivity contribution is -0.384. The van der Waals surface area contributed by atoms with Crippen molar-refractivity contribution in [3.8, 4) is 0 Å². The Hall–Kier alpha value is -3.20. The monoisotopic (exact) mass is 441 g/mol. The molecule has 0 unspecified atom stereocenters. The standard InChI is InChI=1S/C22H20FN3O4S/c1-14-10-19(24-8-2-3-9-24)18(23)11-16(14)12-20-21(27)25(22(28)31-20)13-15-4-6-17(7-5-15)26(29)30/h4-7,10-12H,2-3,8-9,13H2,1H3/b20-12-. The van der Waals surface area contributed by atoms with Crippen LogP contribution in [0.5, 0.6) is 0 Å². The summed E-state index contributed by atoms with van der Waals surface area (Å²) in [6.07, 6.45) is 3.64. The highest BCUT2D eigenvalue weighted by molar-refractivity contribution is 8.18. The minimum Gasteiger partial charge on any atom is -0.369 e. The first kappa shape index (κ1) is 21.0. The number of carbonyl (C=O) groups is 2. The summed E-state index contributed by atoms with van der Waals surface area (Å²) in [4.78, 5) is 38.8. The molecule has 160 valence electrons. The molecule has 0 spiro atoms. The first-order valence-corrected chi connectivity index (χ1v) is 10.7. The molecule has 2 aliphatic heterocycles. The van der Waals surface area contributed by atoms with Crippen LogP contribution in [-0.2, 0) is 11.3 Å². The fourth-order valence-corrected chi connectivity index (χ4v) is 4.55. The highest BCUT2D eigenvalue weighted by atomic mass is 32.2. The van der Waals surface area contributed by atoms with Gasteiger partial charge in [0.15, 0.2) is 0 Å². The third kappa shape index (κ3) is 4.32. The maximum absolute atomic E-state index is 14.7. The second-order valence-electron chi connectivity index (χ2n) is 7.55. The number of anilines is 1. The summed E-state index contributed by atoms with van der Waals surface area (Å²) in [6.45, 7) is 3.53. The Labute approximate surface area is 182 Å². The molecule has 0 saturated carbocycles. The first-order valence-electron chi connectivity index (χ1n) is 9.87. The van der Waals surface area contributed by atoms with E-state index >= 15 is 0 Å². The Kier molecular flexibility index (Phi) is 5.77. The van der Waals surface area contributed by atoms with Crippen molar-refractivity contribution >= 4 is 40.4 Å². The van der Waals surface area contributed by atoms with Gasteiger partial charge in [0.1, 0.15) is 5.82 Å². The maximum Gasteiger partial charge on any atom is 0.293 e. The van der Waals surface area contributed by atoms with E-state index in [1.165, 1.54) is 30.3 Å². The molecule has 2 aromatic carbocycles. The van der Waals surface area contributed by atoms with Gasteiger partial charge in [0.05, 0.1) is 22.1 Å². The van der Waals surface area contributed by atoms with E-state index < -0.39 is 16.1 Å². The molecule has 2 aromatic rings. The molecule has 31 heavy (non-hydrogen) atoms. The van der Waals surface area contributed by atoms with E-state index in [-0.39, 0.29) is 23.0 Å². The van der Waals surface area contributed by atoms with Gasteiger partial charge in [-0.25, -0.2) is 4.39 Å². The van der Waals surface area contributed by atoms with Gasteiger partial charge in [0.25, 0.3) is 16.8 Å². The van der Waals surface area contributed by atoms with Crippen LogP contribution in [0.25, 0.3) is 6.08 Å². The smallest absolute Gasteiger partial charge is 0.293 e. The lowest BCUT2D eigenvalue weighted by Crippen LogP contribution is -2.27. The second kappa shape index (κ2) is 8.50. The van der Waals surface area contributed by atoms with Crippen molar-refractivity contribution in [1.82, 2.24) is 4.90 Å². The summed E-state index contributed by atoms with van der Waals surface area (Å²) in [5, 5.41) is 10.3. The van der Waals surface area contributed by atoms with Crippen LogP contribution in [0, 0.1) is 22.9 Å². The molecule has 0 N–H and O–H groups in total. The number of benzene rings is 2. The second-order valence-corrected chi connectivity index (χ2v) is 8.54. The number of carbonyl (C=O) groups excluding carboxylic acids is 2. The number of aryl methyl sites for hydroxylation is 1. The zero-order valence-electron chi connectivity index (χ0n) is 16.8. The molecule has 2 fully saturated rings. The molecule has 4 rings (SSSR count). The lowest BCUT2D eigenvalue weighted by atomic mass is 10.1. The van der Waals surface area contributed by atoms with Crippen LogP contribution < -0.4 is 4.90 Å². The quantitative estimate of drug-likeness (QED) is 0.374.